The van der Waals surface area contributed by atoms with Crippen LogP contribution in [0.2, 0.25) is 0 Å². The topological polar surface area (TPSA) is 32.3 Å². The lowest BCUT2D eigenvalue weighted by Crippen LogP contribution is -2.31. The number of aliphatic hydroxyl groups is 1. The van der Waals surface area contributed by atoms with Crippen molar-refractivity contribution in [3.8, 4) is 0 Å². The van der Waals surface area contributed by atoms with Crippen LogP contribution in [0.5, 0.6) is 0 Å². The standard InChI is InChI=1S/C13H23NO/c15-13-8-4-7-12(13)10-14-9-11-5-2-1-3-6-11/h1-2,11-15H,3-10H2. The predicted octanol–water partition coefficient (Wildman–Crippen LogP) is 2.09. The Morgan fingerprint density at radius 2 is 2.07 bits per heavy atom. The van der Waals surface area contributed by atoms with Crippen LogP contribution in [0, 0.1) is 11.8 Å². The first-order chi connectivity index (χ1) is 7.36. The van der Waals surface area contributed by atoms with Gasteiger partial charge in [0.15, 0.2) is 0 Å². The monoisotopic (exact) mass is 209 g/mol. The molecule has 2 aliphatic carbocycles. The van der Waals surface area contributed by atoms with E-state index in [-0.39, 0.29) is 6.10 Å². The Hall–Kier alpha value is -0.340. The van der Waals surface area contributed by atoms with E-state index in [1.807, 2.05) is 0 Å². The summed E-state index contributed by atoms with van der Waals surface area (Å²) in [6, 6.07) is 0. The minimum Gasteiger partial charge on any atom is -0.393 e. The van der Waals surface area contributed by atoms with E-state index >= 15 is 0 Å². The molecule has 3 unspecified atom stereocenters. The quantitative estimate of drug-likeness (QED) is 0.695. The van der Waals surface area contributed by atoms with Crippen molar-refractivity contribution in [3.63, 3.8) is 0 Å². The summed E-state index contributed by atoms with van der Waals surface area (Å²) in [5.74, 6) is 1.35. The Kier molecular flexibility index (Phi) is 4.21. The highest BCUT2D eigenvalue weighted by Gasteiger charge is 2.24. The number of rotatable bonds is 4. The highest BCUT2D eigenvalue weighted by molar-refractivity contribution is 4.90. The maximum absolute atomic E-state index is 9.67. The van der Waals surface area contributed by atoms with Crippen LogP contribution in [0.15, 0.2) is 12.2 Å². The van der Waals surface area contributed by atoms with Crippen molar-refractivity contribution < 1.29 is 5.11 Å². The molecule has 2 nitrogen and oxygen atoms in total. The zero-order valence-electron chi connectivity index (χ0n) is 9.49. The molecule has 2 heteroatoms. The van der Waals surface area contributed by atoms with E-state index in [0.717, 1.165) is 25.4 Å². The van der Waals surface area contributed by atoms with Gasteiger partial charge in [0.2, 0.25) is 0 Å². The van der Waals surface area contributed by atoms with Crippen LogP contribution in [-0.2, 0) is 0 Å². The third-order valence-corrected chi connectivity index (χ3v) is 3.84. The van der Waals surface area contributed by atoms with Gasteiger partial charge in [-0.1, -0.05) is 18.6 Å². The molecule has 2 N–H and O–H groups in total. The molecule has 0 aliphatic heterocycles. The molecule has 0 heterocycles. The summed E-state index contributed by atoms with van der Waals surface area (Å²) in [6.45, 7) is 2.15. The van der Waals surface area contributed by atoms with Crippen LogP contribution in [-0.4, -0.2) is 24.3 Å². The summed E-state index contributed by atoms with van der Waals surface area (Å²) >= 11 is 0. The van der Waals surface area contributed by atoms with Crippen LogP contribution in [0.3, 0.4) is 0 Å². The molecule has 0 aromatic heterocycles. The van der Waals surface area contributed by atoms with E-state index in [9.17, 15) is 5.11 Å². The number of hydrogen-bond donors (Lipinski definition) is 2. The van der Waals surface area contributed by atoms with Crippen molar-refractivity contribution in [1.29, 1.82) is 0 Å². The van der Waals surface area contributed by atoms with Gasteiger partial charge in [0.05, 0.1) is 6.10 Å². The SMILES string of the molecule is OC1CCCC1CNCC1CC=CCC1. The third kappa shape index (κ3) is 3.32. The Morgan fingerprint density at radius 3 is 2.73 bits per heavy atom. The molecule has 2 rings (SSSR count). The van der Waals surface area contributed by atoms with Gasteiger partial charge in [0.25, 0.3) is 0 Å². The largest absolute Gasteiger partial charge is 0.393 e. The normalized spacial score (nSPS) is 35.9. The summed E-state index contributed by atoms with van der Waals surface area (Å²) < 4.78 is 0. The third-order valence-electron chi connectivity index (χ3n) is 3.84. The van der Waals surface area contributed by atoms with Gasteiger partial charge in [0, 0.05) is 6.54 Å². The van der Waals surface area contributed by atoms with Crippen LogP contribution in [0.4, 0.5) is 0 Å². The van der Waals surface area contributed by atoms with Crippen molar-refractivity contribution >= 4 is 0 Å². The Morgan fingerprint density at radius 1 is 1.13 bits per heavy atom. The second kappa shape index (κ2) is 5.66. The number of aliphatic hydroxyl groups excluding tert-OH is 1. The fraction of sp³-hybridized carbons (Fsp3) is 0.846. The number of allylic oxidation sites excluding steroid dienone is 2. The van der Waals surface area contributed by atoms with E-state index in [4.69, 9.17) is 0 Å². The smallest absolute Gasteiger partial charge is 0.0580 e. The van der Waals surface area contributed by atoms with Crippen molar-refractivity contribution in [2.75, 3.05) is 13.1 Å². The van der Waals surface area contributed by atoms with Gasteiger partial charge < -0.3 is 10.4 Å². The van der Waals surface area contributed by atoms with E-state index in [2.05, 4.69) is 17.5 Å². The molecule has 0 spiro atoms. The molecule has 3 atom stereocenters. The van der Waals surface area contributed by atoms with E-state index in [0.29, 0.717) is 5.92 Å². The van der Waals surface area contributed by atoms with Crippen LogP contribution >= 0.6 is 0 Å². The molecule has 0 saturated heterocycles. The molecule has 0 aromatic rings. The maximum Gasteiger partial charge on any atom is 0.0580 e. The highest BCUT2D eigenvalue weighted by atomic mass is 16.3. The van der Waals surface area contributed by atoms with Gasteiger partial charge in [0.1, 0.15) is 0 Å². The van der Waals surface area contributed by atoms with Crippen LogP contribution in [0.1, 0.15) is 38.5 Å². The first-order valence-electron chi connectivity index (χ1n) is 6.40. The molecule has 1 fully saturated rings. The van der Waals surface area contributed by atoms with Gasteiger partial charge >= 0.3 is 0 Å². The maximum atomic E-state index is 9.67. The van der Waals surface area contributed by atoms with Gasteiger partial charge in [-0.05, 0) is 50.5 Å². The number of hydrogen-bond acceptors (Lipinski definition) is 2. The van der Waals surface area contributed by atoms with Gasteiger partial charge in [-0.2, -0.15) is 0 Å². The van der Waals surface area contributed by atoms with Gasteiger partial charge in [-0.25, -0.2) is 0 Å². The lowest BCUT2D eigenvalue weighted by Gasteiger charge is -2.20. The molecule has 2 aliphatic rings. The average Bonchev–Trinajstić information content (AvgIpc) is 2.66. The molecule has 86 valence electrons. The Balaban J connectivity index is 1.60. The van der Waals surface area contributed by atoms with E-state index in [1.54, 1.807) is 0 Å². The van der Waals surface area contributed by atoms with Crippen molar-refractivity contribution in [2.24, 2.45) is 11.8 Å². The van der Waals surface area contributed by atoms with E-state index < -0.39 is 0 Å². The molecular weight excluding hydrogens is 186 g/mol. The summed E-state index contributed by atoms with van der Waals surface area (Å²) in [6.07, 6.45) is 11.8. The molecule has 0 aromatic carbocycles. The summed E-state index contributed by atoms with van der Waals surface area (Å²) in [5.41, 5.74) is 0. The first-order valence-corrected chi connectivity index (χ1v) is 6.40. The lowest BCUT2D eigenvalue weighted by molar-refractivity contribution is 0.131. The average molecular weight is 209 g/mol. The lowest BCUT2D eigenvalue weighted by atomic mass is 9.94. The molecule has 0 amide bonds. The first kappa shape index (κ1) is 11.2. The summed E-state index contributed by atoms with van der Waals surface area (Å²) in [4.78, 5) is 0. The Labute approximate surface area is 92.8 Å². The predicted molar refractivity (Wildman–Crippen MR) is 62.7 cm³/mol. The minimum absolute atomic E-state index is 0.0382. The highest BCUT2D eigenvalue weighted by Crippen LogP contribution is 2.25. The van der Waals surface area contributed by atoms with Gasteiger partial charge in [-0.15, -0.1) is 0 Å². The molecule has 15 heavy (non-hydrogen) atoms. The number of nitrogens with one attached hydrogen (secondary N) is 1. The van der Waals surface area contributed by atoms with Crippen molar-refractivity contribution in [2.45, 2.75) is 44.6 Å². The molecule has 0 bridgehead atoms. The van der Waals surface area contributed by atoms with Crippen molar-refractivity contribution in [1.82, 2.24) is 5.32 Å². The van der Waals surface area contributed by atoms with Crippen LogP contribution in [0.25, 0.3) is 0 Å². The van der Waals surface area contributed by atoms with Gasteiger partial charge in [-0.3, -0.25) is 0 Å². The molecule has 0 radical (unpaired) electrons. The molecule has 1 saturated carbocycles. The zero-order chi connectivity index (χ0) is 10.5. The van der Waals surface area contributed by atoms with Crippen molar-refractivity contribution in [3.05, 3.63) is 12.2 Å². The van der Waals surface area contributed by atoms with E-state index in [1.165, 1.54) is 32.1 Å². The fourth-order valence-electron chi connectivity index (χ4n) is 2.77. The zero-order valence-corrected chi connectivity index (χ0v) is 9.49. The Bertz CT molecular complexity index is 215. The molecular formula is C13H23NO. The second-order valence-electron chi connectivity index (χ2n) is 5.07. The second-order valence-corrected chi connectivity index (χ2v) is 5.07. The summed E-state index contributed by atoms with van der Waals surface area (Å²) in [7, 11) is 0. The summed E-state index contributed by atoms with van der Waals surface area (Å²) in [5, 5.41) is 13.2. The minimum atomic E-state index is -0.0382. The van der Waals surface area contributed by atoms with Crippen LogP contribution < -0.4 is 5.32 Å². The fourth-order valence-corrected chi connectivity index (χ4v) is 2.77.